The van der Waals surface area contributed by atoms with Gasteiger partial charge >= 0.3 is 0 Å². The second-order valence-corrected chi connectivity index (χ2v) is 6.42. The maximum absolute atomic E-state index is 11.4. The van der Waals surface area contributed by atoms with Crippen LogP contribution in [-0.4, -0.2) is 111 Å². The van der Waals surface area contributed by atoms with Crippen LogP contribution in [-0.2, 0) is 33.3 Å². The van der Waals surface area contributed by atoms with Crippen molar-refractivity contribution in [2.75, 3.05) is 52.9 Å². The van der Waals surface area contributed by atoms with Crippen molar-refractivity contribution in [1.29, 1.82) is 0 Å². The summed E-state index contributed by atoms with van der Waals surface area (Å²) in [5, 5.41) is 30.8. The Morgan fingerprint density at radius 3 is 2.28 bits per heavy atom. The van der Waals surface area contributed by atoms with Crippen LogP contribution in [0.3, 0.4) is 0 Å². The molecular weight excluding hydrogens is 392 g/mol. The molecule has 6 N–H and O–H groups in total. The van der Waals surface area contributed by atoms with Crippen LogP contribution in [0.2, 0.25) is 0 Å². The molecule has 1 aliphatic rings. The van der Waals surface area contributed by atoms with Crippen LogP contribution in [0.1, 0.15) is 13.3 Å². The number of amides is 2. The predicted molar refractivity (Wildman–Crippen MR) is 97.6 cm³/mol. The van der Waals surface area contributed by atoms with Crippen LogP contribution >= 0.6 is 0 Å². The third-order valence-corrected chi connectivity index (χ3v) is 4.03. The number of hydrogen-bond acceptors (Lipinski definition) is 10. The molecule has 0 bridgehead atoms. The maximum atomic E-state index is 11.4. The van der Waals surface area contributed by atoms with Crippen LogP contribution in [0.15, 0.2) is 0 Å². The average molecular weight is 424 g/mol. The molecule has 29 heavy (non-hydrogen) atoms. The monoisotopic (exact) mass is 424 g/mol. The summed E-state index contributed by atoms with van der Waals surface area (Å²) in [6, 6.07) is -0.749. The number of aliphatic hydroxyl groups is 3. The predicted octanol–water partition coefficient (Wildman–Crippen LogP) is -3.13. The zero-order valence-electron chi connectivity index (χ0n) is 16.5. The van der Waals surface area contributed by atoms with E-state index >= 15 is 0 Å². The van der Waals surface area contributed by atoms with E-state index in [1.807, 2.05) is 0 Å². The fraction of sp³-hybridized carbons (Fsp3) is 0.882. The van der Waals surface area contributed by atoms with Gasteiger partial charge in [0.05, 0.1) is 52.4 Å². The Morgan fingerprint density at radius 1 is 1.10 bits per heavy atom. The zero-order chi connectivity index (χ0) is 21.6. The standard InChI is InChI=1S/C17H32N2O10/c1-11(17(18)24)19-14(22)10-27-5-4-25-2-3-26-6-7-28-15-8-12(21)16(23)13(9-20)29-15/h11-13,15-16,20-21,23H,2-10H2,1H3,(H2,18,24)(H,19,22). The lowest BCUT2D eigenvalue weighted by Gasteiger charge is -2.35. The first-order valence-electron chi connectivity index (χ1n) is 9.41. The lowest BCUT2D eigenvalue weighted by atomic mass is 10.0. The number of aliphatic hydroxyl groups excluding tert-OH is 3. The third kappa shape index (κ3) is 10.8. The van der Waals surface area contributed by atoms with Crippen LogP contribution < -0.4 is 11.1 Å². The smallest absolute Gasteiger partial charge is 0.246 e. The highest BCUT2D eigenvalue weighted by molar-refractivity contribution is 5.86. The second kappa shape index (κ2) is 14.6. The number of carbonyl (C=O) groups is 2. The van der Waals surface area contributed by atoms with E-state index in [0.29, 0.717) is 13.2 Å². The van der Waals surface area contributed by atoms with Crippen molar-refractivity contribution < 1.29 is 48.6 Å². The van der Waals surface area contributed by atoms with Crippen molar-refractivity contribution in [3.8, 4) is 0 Å². The van der Waals surface area contributed by atoms with E-state index in [0.717, 1.165) is 0 Å². The van der Waals surface area contributed by atoms with Crippen molar-refractivity contribution in [1.82, 2.24) is 5.32 Å². The normalized spacial score (nSPS) is 25.5. The average Bonchev–Trinajstić information content (AvgIpc) is 2.68. The first-order chi connectivity index (χ1) is 13.8. The van der Waals surface area contributed by atoms with Crippen LogP contribution in [0, 0.1) is 0 Å². The van der Waals surface area contributed by atoms with Gasteiger partial charge in [0.2, 0.25) is 11.8 Å². The summed E-state index contributed by atoms with van der Waals surface area (Å²) in [6.07, 6.45) is -3.63. The molecule has 1 rings (SSSR count). The lowest BCUT2D eigenvalue weighted by molar-refractivity contribution is -0.259. The fourth-order valence-electron chi connectivity index (χ4n) is 2.37. The summed E-state index contributed by atoms with van der Waals surface area (Å²) < 4.78 is 26.4. The van der Waals surface area contributed by atoms with Crippen molar-refractivity contribution in [2.24, 2.45) is 5.73 Å². The SMILES string of the molecule is CC(NC(=O)COCCOCCOCCOC1CC(O)C(O)C(CO)O1)C(N)=O. The van der Waals surface area contributed by atoms with Gasteiger partial charge in [-0.2, -0.15) is 0 Å². The summed E-state index contributed by atoms with van der Waals surface area (Å²) in [6.45, 7) is 2.51. The van der Waals surface area contributed by atoms with Crippen LogP contribution in [0.4, 0.5) is 0 Å². The number of ether oxygens (including phenoxy) is 5. The minimum atomic E-state index is -1.13. The number of rotatable bonds is 15. The van der Waals surface area contributed by atoms with Crippen LogP contribution in [0.25, 0.3) is 0 Å². The largest absolute Gasteiger partial charge is 0.394 e. The van der Waals surface area contributed by atoms with Gasteiger partial charge in [-0.3, -0.25) is 9.59 Å². The van der Waals surface area contributed by atoms with Gasteiger partial charge < -0.3 is 50.1 Å². The summed E-state index contributed by atoms with van der Waals surface area (Å²) in [5.41, 5.74) is 5.03. The Balaban J connectivity index is 1.91. The molecular formula is C17H32N2O10. The molecule has 5 atom stereocenters. The van der Waals surface area contributed by atoms with E-state index in [2.05, 4.69) is 5.32 Å². The Bertz CT molecular complexity index is 481. The topological polar surface area (TPSA) is 179 Å². The van der Waals surface area contributed by atoms with E-state index in [1.54, 1.807) is 0 Å². The molecule has 1 heterocycles. The molecule has 0 aromatic heterocycles. The molecule has 2 amide bonds. The molecule has 5 unspecified atom stereocenters. The number of nitrogens with two attached hydrogens (primary N) is 1. The van der Waals surface area contributed by atoms with Crippen molar-refractivity contribution in [3.05, 3.63) is 0 Å². The molecule has 12 heteroatoms. The first-order valence-corrected chi connectivity index (χ1v) is 9.41. The van der Waals surface area contributed by atoms with Crippen molar-refractivity contribution in [2.45, 2.75) is 44.0 Å². The Hall–Kier alpha value is -1.38. The molecule has 0 radical (unpaired) electrons. The van der Waals surface area contributed by atoms with E-state index in [9.17, 15) is 19.8 Å². The van der Waals surface area contributed by atoms with Crippen molar-refractivity contribution in [3.63, 3.8) is 0 Å². The molecule has 0 saturated carbocycles. The maximum Gasteiger partial charge on any atom is 0.246 e. The first kappa shape index (κ1) is 25.7. The van der Waals surface area contributed by atoms with Gasteiger partial charge in [-0.05, 0) is 6.92 Å². The van der Waals surface area contributed by atoms with E-state index < -0.39 is 49.1 Å². The lowest BCUT2D eigenvalue weighted by Crippen LogP contribution is -2.50. The Labute approximate surface area is 169 Å². The summed E-state index contributed by atoms with van der Waals surface area (Å²) in [7, 11) is 0. The molecule has 170 valence electrons. The molecule has 0 aromatic rings. The van der Waals surface area contributed by atoms with Crippen LogP contribution in [0.5, 0.6) is 0 Å². The van der Waals surface area contributed by atoms with Gasteiger partial charge in [-0.25, -0.2) is 0 Å². The highest BCUT2D eigenvalue weighted by atomic mass is 16.7. The van der Waals surface area contributed by atoms with Gasteiger partial charge in [0, 0.05) is 6.42 Å². The van der Waals surface area contributed by atoms with Gasteiger partial charge in [0.15, 0.2) is 6.29 Å². The number of nitrogens with one attached hydrogen (secondary N) is 1. The minimum Gasteiger partial charge on any atom is -0.394 e. The number of primary amides is 1. The number of hydrogen-bond donors (Lipinski definition) is 5. The van der Waals surface area contributed by atoms with Gasteiger partial charge in [0.25, 0.3) is 0 Å². The zero-order valence-corrected chi connectivity index (χ0v) is 16.5. The van der Waals surface area contributed by atoms with E-state index in [1.165, 1.54) is 6.92 Å². The molecule has 12 nitrogen and oxygen atoms in total. The highest BCUT2D eigenvalue weighted by Gasteiger charge is 2.36. The minimum absolute atomic E-state index is 0.111. The van der Waals surface area contributed by atoms with Gasteiger partial charge in [-0.1, -0.05) is 0 Å². The Morgan fingerprint density at radius 2 is 1.69 bits per heavy atom. The molecule has 1 saturated heterocycles. The van der Waals surface area contributed by atoms with Gasteiger partial charge in [-0.15, -0.1) is 0 Å². The second-order valence-electron chi connectivity index (χ2n) is 6.42. The Kier molecular flexibility index (Phi) is 12.9. The molecule has 0 aliphatic carbocycles. The summed E-state index contributed by atoms with van der Waals surface area (Å²) >= 11 is 0. The molecule has 0 spiro atoms. The van der Waals surface area contributed by atoms with Gasteiger partial charge in [0.1, 0.15) is 24.9 Å². The fourth-order valence-corrected chi connectivity index (χ4v) is 2.37. The van der Waals surface area contributed by atoms with E-state index in [-0.39, 0.29) is 39.5 Å². The highest BCUT2D eigenvalue weighted by Crippen LogP contribution is 2.20. The summed E-state index contributed by atoms with van der Waals surface area (Å²) in [5.74, 6) is -1.06. The molecule has 1 aliphatic heterocycles. The quantitative estimate of drug-likeness (QED) is 0.169. The third-order valence-electron chi connectivity index (χ3n) is 4.03. The molecule has 0 aromatic carbocycles. The van der Waals surface area contributed by atoms with E-state index in [4.69, 9.17) is 34.5 Å². The number of carbonyl (C=O) groups excluding carboxylic acids is 2. The van der Waals surface area contributed by atoms with Crippen molar-refractivity contribution >= 4 is 11.8 Å². The summed E-state index contributed by atoms with van der Waals surface area (Å²) in [4.78, 5) is 22.2. The molecule has 1 fully saturated rings.